The largest absolute Gasteiger partial charge is 0.380 e. The molecule has 0 radical (unpaired) electrons. The van der Waals surface area contributed by atoms with Gasteiger partial charge in [0.25, 0.3) is 0 Å². The Hall–Kier alpha value is -0.900. The highest BCUT2D eigenvalue weighted by atomic mass is 16.5. The molecule has 1 aliphatic carbocycles. The number of methoxy groups -OCH3 is 2. The molecule has 2 unspecified atom stereocenters. The number of rotatable bonds is 6. The van der Waals surface area contributed by atoms with Crippen molar-refractivity contribution in [3.63, 3.8) is 0 Å². The van der Waals surface area contributed by atoms with Crippen molar-refractivity contribution in [2.24, 2.45) is 0 Å². The second-order valence-electron chi connectivity index (χ2n) is 4.89. The van der Waals surface area contributed by atoms with Gasteiger partial charge in [0.2, 0.25) is 0 Å². The molecule has 0 aliphatic heterocycles. The molecule has 0 spiro atoms. The van der Waals surface area contributed by atoms with Crippen LogP contribution in [0, 0.1) is 0 Å². The first kappa shape index (κ1) is 13.5. The van der Waals surface area contributed by atoms with E-state index >= 15 is 0 Å². The Balaban J connectivity index is 1.93. The van der Waals surface area contributed by atoms with Gasteiger partial charge in [-0.2, -0.15) is 0 Å². The number of ether oxygens (including phenoxy) is 2. The van der Waals surface area contributed by atoms with Crippen LogP contribution in [0.25, 0.3) is 0 Å². The summed E-state index contributed by atoms with van der Waals surface area (Å²) in [5.74, 6) is 0. The second kappa shape index (κ2) is 6.88. The standard InChI is InChI=1S/C15H23NO2/c1-17-11-13-7-4-3-6-12(13)10-16-14-8-5-9-15(14)18-2/h3-4,6-7,14-16H,5,8-11H2,1-2H3. The van der Waals surface area contributed by atoms with Gasteiger partial charge in [0.15, 0.2) is 0 Å². The molecule has 1 fully saturated rings. The lowest BCUT2D eigenvalue weighted by Gasteiger charge is -2.20. The lowest BCUT2D eigenvalue weighted by molar-refractivity contribution is 0.0846. The molecular formula is C15H23NO2. The maximum absolute atomic E-state index is 5.50. The summed E-state index contributed by atoms with van der Waals surface area (Å²) in [5.41, 5.74) is 2.58. The Labute approximate surface area is 109 Å². The first-order valence-electron chi connectivity index (χ1n) is 6.67. The highest BCUT2D eigenvalue weighted by molar-refractivity contribution is 5.26. The van der Waals surface area contributed by atoms with E-state index in [0.717, 1.165) is 6.54 Å². The molecular weight excluding hydrogens is 226 g/mol. The summed E-state index contributed by atoms with van der Waals surface area (Å²) in [5, 5.41) is 3.62. The van der Waals surface area contributed by atoms with Crippen molar-refractivity contribution in [2.75, 3.05) is 14.2 Å². The van der Waals surface area contributed by atoms with E-state index in [2.05, 4.69) is 29.6 Å². The van der Waals surface area contributed by atoms with Crippen LogP contribution >= 0.6 is 0 Å². The van der Waals surface area contributed by atoms with Gasteiger partial charge in [0.05, 0.1) is 12.7 Å². The molecule has 1 aliphatic rings. The van der Waals surface area contributed by atoms with Gasteiger partial charge in [-0.1, -0.05) is 24.3 Å². The first-order valence-corrected chi connectivity index (χ1v) is 6.67. The zero-order valence-electron chi connectivity index (χ0n) is 11.3. The molecule has 0 aromatic heterocycles. The zero-order valence-corrected chi connectivity index (χ0v) is 11.3. The molecule has 100 valence electrons. The minimum absolute atomic E-state index is 0.375. The molecule has 2 atom stereocenters. The van der Waals surface area contributed by atoms with Crippen LogP contribution in [-0.2, 0) is 22.6 Å². The van der Waals surface area contributed by atoms with E-state index in [1.54, 1.807) is 7.11 Å². The Kier molecular flexibility index (Phi) is 5.17. The van der Waals surface area contributed by atoms with E-state index < -0.39 is 0 Å². The quantitative estimate of drug-likeness (QED) is 0.840. The number of hydrogen-bond acceptors (Lipinski definition) is 3. The summed E-state index contributed by atoms with van der Waals surface area (Å²) in [6.07, 6.45) is 4.02. The van der Waals surface area contributed by atoms with Crippen LogP contribution in [0.2, 0.25) is 0 Å². The lowest BCUT2D eigenvalue weighted by atomic mass is 10.1. The molecule has 1 aromatic carbocycles. The first-order chi connectivity index (χ1) is 8.85. The van der Waals surface area contributed by atoms with Gasteiger partial charge in [-0.25, -0.2) is 0 Å². The molecule has 2 rings (SSSR count). The maximum Gasteiger partial charge on any atom is 0.0724 e. The van der Waals surface area contributed by atoms with Crippen LogP contribution in [0.1, 0.15) is 30.4 Å². The lowest BCUT2D eigenvalue weighted by Crippen LogP contribution is -2.36. The fraction of sp³-hybridized carbons (Fsp3) is 0.600. The van der Waals surface area contributed by atoms with Crippen molar-refractivity contribution in [3.8, 4) is 0 Å². The zero-order chi connectivity index (χ0) is 12.8. The summed E-state index contributed by atoms with van der Waals surface area (Å²) in [6, 6.07) is 8.93. The number of benzene rings is 1. The van der Waals surface area contributed by atoms with E-state index in [1.165, 1.54) is 30.4 Å². The van der Waals surface area contributed by atoms with E-state index in [4.69, 9.17) is 9.47 Å². The number of hydrogen-bond donors (Lipinski definition) is 1. The molecule has 1 saturated carbocycles. The van der Waals surface area contributed by atoms with Crippen molar-refractivity contribution < 1.29 is 9.47 Å². The van der Waals surface area contributed by atoms with Crippen LogP contribution in [0.15, 0.2) is 24.3 Å². The van der Waals surface area contributed by atoms with Gasteiger partial charge >= 0.3 is 0 Å². The van der Waals surface area contributed by atoms with Gasteiger partial charge < -0.3 is 14.8 Å². The van der Waals surface area contributed by atoms with Crippen LogP contribution in [0.4, 0.5) is 0 Å². The summed E-state index contributed by atoms with van der Waals surface area (Å²) < 4.78 is 10.7. The Morgan fingerprint density at radius 3 is 2.67 bits per heavy atom. The Morgan fingerprint density at radius 1 is 1.17 bits per heavy atom. The van der Waals surface area contributed by atoms with Crippen molar-refractivity contribution >= 4 is 0 Å². The average Bonchev–Trinajstić information content (AvgIpc) is 2.85. The van der Waals surface area contributed by atoms with E-state index in [1.807, 2.05) is 7.11 Å². The normalized spacial score (nSPS) is 23.4. The third-order valence-electron chi connectivity index (χ3n) is 3.73. The summed E-state index contributed by atoms with van der Waals surface area (Å²) in [7, 11) is 3.55. The van der Waals surface area contributed by atoms with Gasteiger partial charge in [0, 0.05) is 26.8 Å². The molecule has 0 bridgehead atoms. The Bertz CT molecular complexity index is 367. The van der Waals surface area contributed by atoms with Crippen molar-refractivity contribution in [3.05, 3.63) is 35.4 Å². The molecule has 0 saturated heterocycles. The van der Waals surface area contributed by atoms with Gasteiger partial charge in [-0.15, -0.1) is 0 Å². The van der Waals surface area contributed by atoms with E-state index in [9.17, 15) is 0 Å². The third kappa shape index (κ3) is 3.31. The van der Waals surface area contributed by atoms with Gasteiger partial charge in [-0.3, -0.25) is 0 Å². The van der Waals surface area contributed by atoms with Crippen LogP contribution in [0.5, 0.6) is 0 Å². The van der Waals surface area contributed by atoms with Crippen LogP contribution in [0.3, 0.4) is 0 Å². The molecule has 18 heavy (non-hydrogen) atoms. The van der Waals surface area contributed by atoms with Gasteiger partial charge in [0.1, 0.15) is 0 Å². The fourth-order valence-electron chi connectivity index (χ4n) is 2.71. The number of nitrogens with one attached hydrogen (secondary N) is 1. The third-order valence-corrected chi connectivity index (χ3v) is 3.73. The fourth-order valence-corrected chi connectivity index (χ4v) is 2.71. The molecule has 3 heteroatoms. The molecule has 1 aromatic rings. The highest BCUT2D eigenvalue weighted by Crippen LogP contribution is 2.22. The minimum atomic E-state index is 0.375. The molecule has 3 nitrogen and oxygen atoms in total. The van der Waals surface area contributed by atoms with Crippen molar-refractivity contribution in [1.82, 2.24) is 5.32 Å². The van der Waals surface area contributed by atoms with Crippen molar-refractivity contribution in [1.29, 1.82) is 0 Å². The summed E-state index contributed by atoms with van der Waals surface area (Å²) in [4.78, 5) is 0. The topological polar surface area (TPSA) is 30.5 Å². The molecule has 1 N–H and O–H groups in total. The van der Waals surface area contributed by atoms with Gasteiger partial charge in [-0.05, 0) is 30.4 Å². The predicted octanol–water partition coefficient (Wildman–Crippen LogP) is 2.49. The van der Waals surface area contributed by atoms with E-state index in [-0.39, 0.29) is 0 Å². The van der Waals surface area contributed by atoms with E-state index in [0.29, 0.717) is 18.8 Å². The Morgan fingerprint density at radius 2 is 1.94 bits per heavy atom. The smallest absolute Gasteiger partial charge is 0.0724 e. The highest BCUT2D eigenvalue weighted by Gasteiger charge is 2.26. The van der Waals surface area contributed by atoms with Crippen molar-refractivity contribution in [2.45, 2.75) is 44.6 Å². The summed E-state index contributed by atoms with van der Waals surface area (Å²) in [6.45, 7) is 1.57. The minimum Gasteiger partial charge on any atom is -0.380 e. The maximum atomic E-state index is 5.50. The summed E-state index contributed by atoms with van der Waals surface area (Å²) >= 11 is 0. The predicted molar refractivity (Wildman–Crippen MR) is 72.4 cm³/mol. The SMILES string of the molecule is COCc1ccccc1CNC1CCCC1OC. The average molecular weight is 249 g/mol. The second-order valence-corrected chi connectivity index (χ2v) is 4.89. The van der Waals surface area contributed by atoms with Crippen LogP contribution in [-0.4, -0.2) is 26.4 Å². The van der Waals surface area contributed by atoms with Crippen LogP contribution < -0.4 is 5.32 Å². The molecule has 0 amide bonds. The molecule has 0 heterocycles. The monoisotopic (exact) mass is 249 g/mol.